The summed E-state index contributed by atoms with van der Waals surface area (Å²) in [6.07, 6.45) is 0.664. The van der Waals surface area contributed by atoms with Crippen LogP contribution in [0.15, 0.2) is 51.5 Å². The Morgan fingerprint density at radius 3 is 2.77 bits per heavy atom. The van der Waals surface area contributed by atoms with Gasteiger partial charge in [0.15, 0.2) is 0 Å². The molecule has 7 heteroatoms. The highest BCUT2D eigenvalue weighted by Gasteiger charge is 2.31. The first-order valence-electron chi connectivity index (χ1n) is 8.52. The molecule has 1 fully saturated rings. The second-order valence-electron chi connectivity index (χ2n) is 6.46. The summed E-state index contributed by atoms with van der Waals surface area (Å²) < 4.78 is 16.0. The van der Waals surface area contributed by atoms with Crippen molar-refractivity contribution in [2.24, 2.45) is 5.92 Å². The SMILES string of the molecule is Cc1cc(C[C@@H]2COC[C@@H]2NC(=O)c2cc(-c3ccccc3)no2)on1. The second kappa shape index (κ2) is 7.13. The molecule has 7 nitrogen and oxygen atoms in total. The highest BCUT2D eigenvalue weighted by molar-refractivity contribution is 5.92. The first-order chi connectivity index (χ1) is 12.7. The third kappa shape index (κ3) is 3.52. The number of nitrogens with one attached hydrogen (secondary N) is 1. The zero-order chi connectivity index (χ0) is 17.9. The summed E-state index contributed by atoms with van der Waals surface area (Å²) in [4.78, 5) is 12.5. The van der Waals surface area contributed by atoms with Gasteiger partial charge in [0.25, 0.3) is 5.91 Å². The molecule has 134 valence electrons. The molecule has 1 aromatic carbocycles. The molecule has 1 N–H and O–H groups in total. The summed E-state index contributed by atoms with van der Waals surface area (Å²) in [5.41, 5.74) is 2.37. The van der Waals surface area contributed by atoms with Crippen molar-refractivity contribution in [1.29, 1.82) is 0 Å². The van der Waals surface area contributed by atoms with Crippen molar-refractivity contribution >= 4 is 5.91 Å². The van der Waals surface area contributed by atoms with E-state index in [2.05, 4.69) is 15.6 Å². The van der Waals surface area contributed by atoms with E-state index in [-0.39, 0.29) is 23.6 Å². The number of benzene rings is 1. The van der Waals surface area contributed by atoms with Crippen molar-refractivity contribution in [1.82, 2.24) is 15.6 Å². The Bertz CT molecular complexity index is 887. The van der Waals surface area contributed by atoms with Gasteiger partial charge in [-0.3, -0.25) is 4.79 Å². The fourth-order valence-electron chi connectivity index (χ4n) is 3.10. The van der Waals surface area contributed by atoms with Gasteiger partial charge in [0.05, 0.1) is 24.9 Å². The Morgan fingerprint density at radius 2 is 2.00 bits per heavy atom. The minimum atomic E-state index is -0.297. The molecule has 0 radical (unpaired) electrons. The number of aryl methyl sites for hydroxylation is 1. The van der Waals surface area contributed by atoms with Crippen molar-refractivity contribution < 1.29 is 18.6 Å². The molecule has 3 heterocycles. The van der Waals surface area contributed by atoms with Crippen LogP contribution in [0.1, 0.15) is 22.0 Å². The molecule has 0 unspecified atom stereocenters. The van der Waals surface area contributed by atoms with Crippen molar-refractivity contribution in [3.8, 4) is 11.3 Å². The van der Waals surface area contributed by atoms with E-state index in [0.29, 0.717) is 25.3 Å². The summed E-state index contributed by atoms with van der Waals surface area (Å²) in [5.74, 6) is 0.810. The Balaban J connectivity index is 1.41. The van der Waals surface area contributed by atoms with Crippen molar-refractivity contribution in [3.05, 3.63) is 59.7 Å². The summed E-state index contributed by atoms with van der Waals surface area (Å²) in [6.45, 7) is 2.91. The number of hydrogen-bond donors (Lipinski definition) is 1. The zero-order valence-corrected chi connectivity index (χ0v) is 14.3. The van der Waals surface area contributed by atoms with Crippen molar-refractivity contribution in [2.75, 3.05) is 13.2 Å². The number of nitrogens with zero attached hydrogens (tertiary/aromatic N) is 2. The number of rotatable bonds is 5. The van der Waals surface area contributed by atoms with Gasteiger partial charge in [0.2, 0.25) is 5.76 Å². The lowest BCUT2D eigenvalue weighted by Gasteiger charge is -2.16. The number of amides is 1. The Labute approximate surface area is 150 Å². The van der Waals surface area contributed by atoms with Gasteiger partial charge in [-0.05, 0) is 6.92 Å². The van der Waals surface area contributed by atoms with E-state index in [4.69, 9.17) is 13.8 Å². The Hall–Kier alpha value is -2.93. The quantitative estimate of drug-likeness (QED) is 0.758. The van der Waals surface area contributed by atoms with Crippen LogP contribution in [0.5, 0.6) is 0 Å². The van der Waals surface area contributed by atoms with Crippen LogP contribution in [0.2, 0.25) is 0 Å². The van der Waals surface area contributed by atoms with Crippen LogP contribution >= 0.6 is 0 Å². The van der Waals surface area contributed by atoms with Crippen molar-refractivity contribution in [2.45, 2.75) is 19.4 Å². The average molecular weight is 353 g/mol. The van der Waals surface area contributed by atoms with E-state index in [1.807, 2.05) is 43.3 Å². The molecule has 0 spiro atoms. The summed E-state index contributed by atoms with van der Waals surface area (Å²) in [6, 6.07) is 13.0. The maximum atomic E-state index is 12.5. The first-order valence-corrected chi connectivity index (χ1v) is 8.52. The lowest BCUT2D eigenvalue weighted by molar-refractivity contribution is 0.0887. The van der Waals surface area contributed by atoms with Gasteiger partial charge in [-0.1, -0.05) is 40.6 Å². The van der Waals surface area contributed by atoms with Crippen LogP contribution in [-0.2, 0) is 11.2 Å². The topological polar surface area (TPSA) is 90.4 Å². The number of ether oxygens (including phenoxy) is 1. The predicted molar refractivity (Wildman–Crippen MR) is 92.4 cm³/mol. The van der Waals surface area contributed by atoms with Gasteiger partial charge >= 0.3 is 0 Å². The molecule has 1 amide bonds. The van der Waals surface area contributed by atoms with Gasteiger partial charge in [-0.25, -0.2) is 0 Å². The van der Waals surface area contributed by atoms with Crippen LogP contribution in [0.3, 0.4) is 0 Å². The fraction of sp³-hybridized carbons (Fsp3) is 0.316. The van der Waals surface area contributed by atoms with Crippen molar-refractivity contribution in [3.63, 3.8) is 0 Å². The normalized spacial score (nSPS) is 19.6. The monoisotopic (exact) mass is 353 g/mol. The maximum Gasteiger partial charge on any atom is 0.290 e. The molecule has 1 aliphatic rings. The van der Waals surface area contributed by atoms with E-state index in [1.54, 1.807) is 6.07 Å². The lowest BCUT2D eigenvalue weighted by atomic mass is 9.98. The minimum Gasteiger partial charge on any atom is -0.379 e. The number of aromatic nitrogens is 2. The van der Waals surface area contributed by atoms with Crippen LogP contribution in [0, 0.1) is 12.8 Å². The standard InChI is InChI=1S/C19H19N3O4/c1-12-7-15(25-21-12)8-14-10-24-11-17(14)20-19(23)18-9-16(22-26-18)13-5-3-2-4-6-13/h2-7,9,14,17H,8,10-11H2,1H3,(H,20,23)/t14-,17+/m1/s1. The Kier molecular flexibility index (Phi) is 4.53. The highest BCUT2D eigenvalue weighted by atomic mass is 16.5. The molecule has 0 bridgehead atoms. The second-order valence-corrected chi connectivity index (χ2v) is 6.46. The average Bonchev–Trinajstić information content (AvgIpc) is 3.38. The third-order valence-electron chi connectivity index (χ3n) is 4.46. The van der Waals surface area contributed by atoms with Gasteiger partial charge in [-0.2, -0.15) is 0 Å². The summed E-state index contributed by atoms with van der Waals surface area (Å²) in [5, 5.41) is 10.9. The Morgan fingerprint density at radius 1 is 1.15 bits per heavy atom. The number of carbonyl (C=O) groups excluding carboxylic acids is 1. The van der Waals surface area contributed by atoms with E-state index < -0.39 is 0 Å². The zero-order valence-electron chi connectivity index (χ0n) is 14.3. The molecule has 0 aliphatic carbocycles. The highest BCUT2D eigenvalue weighted by Crippen LogP contribution is 2.22. The molecule has 3 aromatic rings. The predicted octanol–water partition coefficient (Wildman–Crippen LogP) is 2.63. The molecular weight excluding hydrogens is 334 g/mol. The molecule has 0 saturated carbocycles. The van der Waals surface area contributed by atoms with Gasteiger partial charge in [-0.15, -0.1) is 0 Å². The largest absolute Gasteiger partial charge is 0.379 e. The lowest BCUT2D eigenvalue weighted by Crippen LogP contribution is -2.40. The minimum absolute atomic E-state index is 0.113. The van der Waals surface area contributed by atoms with Gasteiger partial charge < -0.3 is 19.1 Å². The van der Waals surface area contributed by atoms with Gasteiger partial charge in [0.1, 0.15) is 11.5 Å². The maximum absolute atomic E-state index is 12.5. The van der Waals surface area contributed by atoms with Crippen LogP contribution < -0.4 is 5.32 Å². The fourth-order valence-corrected chi connectivity index (χ4v) is 3.10. The molecule has 2 atom stereocenters. The van der Waals surface area contributed by atoms with E-state index in [9.17, 15) is 4.79 Å². The first kappa shape index (κ1) is 16.5. The summed E-state index contributed by atoms with van der Waals surface area (Å²) >= 11 is 0. The van der Waals surface area contributed by atoms with Gasteiger partial charge in [0, 0.05) is 30.0 Å². The smallest absolute Gasteiger partial charge is 0.290 e. The molecule has 2 aromatic heterocycles. The van der Waals surface area contributed by atoms with Crippen LogP contribution in [-0.4, -0.2) is 35.5 Å². The summed E-state index contributed by atoms with van der Waals surface area (Å²) in [7, 11) is 0. The van der Waals surface area contributed by atoms with E-state index >= 15 is 0 Å². The number of hydrogen-bond acceptors (Lipinski definition) is 6. The molecule has 26 heavy (non-hydrogen) atoms. The molecule has 1 saturated heterocycles. The number of carbonyl (C=O) groups is 1. The molecule has 1 aliphatic heterocycles. The van der Waals surface area contributed by atoms with Crippen LogP contribution in [0.4, 0.5) is 0 Å². The molecular formula is C19H19N3O4. The van der Waals surface area contributed by atoms with Crippen LogP contribution in [0.25, 0.3) is 11.3 Å². The molecule has 4 rings (SSSR count). The third-order valence-corrected chi connectivity index (χ3v) is 4.46. The van der Waals surface area contributed by atoms with E-state index in [1.165, 1.54) is 0 Å². The van der Waals surface area contributed by atoms with E-state index in [0.717, 1.165) is 17.0 Å².